The van der Waals surface area contributed by atoms with Crippen LogP contribution in [0, 0.1) is 0 Å². The van der Waals surface area contributed by atoms with Gasteiger partial charge in [-0.15, -0.1) is 0 Å². The van der Waals surface area contributed by atoms with Crippen LogP contribution in [-0.4, -0.2) is 66.2 Å². The molecule has 0 aliphatic carbocycles. The number of sulfone groups is 1. The number of aromatic nitrogens is 2. The summed E-state index contributed by atoms with van der Waals surface area (Å²) in [7, 11) is -2.10. The van der Waals surface area contributed by atoms with Crippen LogP contribution in [0.4, 0.5) is 0 Å². The van der Waals surface area contributed by atoms with Gasteiger partial charge in [0.05, 0.1) is 16.3 Å². The third-order valence-corrected chi connectivity index (χ3v) is 6.72. The molecule has 1 aromatic heterocycles. The van der Waals surface area contributed by atoms with Crippen molar-refractivity contribution in [1.82, 2.24) is 20.2 Å². The largest absolute Gasteiger partial charge is 0.358 e. The minimum Gasteiger partial charge on any atom is -0.358 e. The predicted molar refractivity (Wildman–Crippen MR) is 96.3 cm³/mol. The Kier molecular flexibility index (Phi) is 5.17. The summed E-state index contributed by atoms with van der Waals surface area (Å²) >= 11 is 0. The molecule has 138 valence electrons. The second-order valence-electron chi connectivity index (χ2n) is 6.23. The fraction of sp³-hybridized carbons (Fsp3) is 0.412. The Hall–Kier alpha value is -2.55. The van der Waals surface area contributed by atoms with E-state index in [9.17, 15) is 18.0 Å². The summed E-state index contributed by atoms with van der Waals surface area (Å²) in [5.41, 5.74) is 1.86. The van der Waals surface area contributed by atoms with E-state index in [4.69, 9.17) is 0 Å². The first kappa shape index (κ1) is 18.2. The van der Waals surface area contributed by atoms with Crippen LogP contribution in [0.15, 0.2) is 30.6 Å². The highest BCUT2D eigenvalue weighted by Gasteiger charge is 2.33. The normalized spacial score (nSPS) is 15.8. The van der Waals surface area contributed by atoms with E-state index in [-0.39, 0.29) is 5.91 Å². The average molecular weight is 376 g/mol. The number of nitrogens with zero attached hydrogens (tertiary/aromatic N) is 3. The van der Waals surface area contributed by atoms with Gasteiger partial charge >= 0.3 is 0 Å². The van der Waals surface area contributed by atoms with Crippen LogP contribution < -0.4 is 5.32 Å². The highest BCUT2D eigenvalue weighted by atomic mass is 32.2. The Morgan fingerprint density at radius 1 is 1.15 bits per heavy atom. The van der Waals surface area contributed by atoms with E-state index in [1.54, 1.807) is 35.5 Å². The van der Waals surface area contributed by atoms with Gasteiger partial charge in [-0.05, 0) is 31.0 Å². The molecule has 26 heavy (non-hydrogen) atoms. The van der Waals surface area contributed by atoms with Gasteiger partial charge in [-0.25, -0.2) is 8.42 Å². The Balaban J connectivity index is 1.67. The van der Waals surface area contributed by atoms with Crippen LogP contribution in [0.3, 0.4) is 0 Å². The molecule has 0 radical (unpaired) electrons. The lowest BCUT2D eigenvalue weighted by atomic mass is 10.1. The molecule has 2 aromatic rings. The third-order valence-electron chi connectivity index (χ3n) is 4.56. The van der Waals surface area contributed by atoms with Crippen LogP contribution >= 0.6 is 0 Å². The molecule has 0 saturated carbocycles. The molecule has 9 heteroatoms. The van der Waals surface area contributed by atoms with Crippen LogP contribution in [0.25, 0.3) is 11.0 Å². The zero-order valence-corrected chi connectivity index (χ0v) is 15.2. The van der Waals surface area contributed by atoms with Gasteiger partial charge in [0.15, 0.2) is 9.84 Å². The van der Waals surface area contributed by atoms with Crippen molar-refractivity contribution in [3.63, 3.8) is 0 Å². The number of hydrogen-bond donors (Lipinski definition) is 1. The molecule has 2 heterocycles. The molecule has 0 atom stereocenters. The summed E-state index contributed by atoms with van der Waals surface area (Å²) in [6.45, 7) is 0.684. The number of carbonyl (C=O) groups excluding carboxylic acids is 2. The predicted octanol–water partition coefficient (Wildman–Crippen LogP) is 0.395. The molecule has 1 N–H and O–H groups in total. The Bertz CT molecular complexity index is 937. The lowest BCUT2D eigenvalue weighted by molar-refractivity contribution is -0.118. The summed E-state index contributed by atoms with van der Waals surface area (Å²) in [5.74, 6) is -1.17. The molecular formula is C17H20N4O4S. The summed E-state index contributed by atoms with van der Waals surface area (Å²) in [6.07, 6.45) is 3.82. The maximum absolute atomic E-state index is 12.7. The lowest BCUT2D eigenvalue weighted by Crippen LogP contribution is -2.44. The molecule has 1 saturated heterocycles. The SMILES string of the molecule is CNC(=O)CS(=O)(=O)C1CCN(C(=O)c2ccc3nccnc3c2)CC1. The fourth-order valence-electron chi connectivity index (χ4n) is 3.07. The van der Waals surface area contributed by atoms with Crippen LogP contribution in [0.2, 0.25) is 0 Å². The smallest absolute Gasteiger partial charge is 0.253 e. The van der Waals surface area contributed by atoms with E-state index in [1.807, 2.05) is 0 Å². The molecule has 1 fully saturated rings. The van der Waals surface area contributed by atoms with Crippen molar-refractivity contribution in [2.24, 2.45) is 0 Å². The molecule has 1 aromatic carbocycles. The topological polar surface area (TPSA) is 109 Å². The molecule has 0 spiro atoms. The van der Waals surface area contributed by atoms with Gasteiger partial charge in [0.2, 0.25) is 5.91 Å². The van der Waals surface area contributed by atoms with Crippen molar-refractivity contribution in [3.8, 4) is 0 Å². The first-order valence-electron chi connectivity index (χ1n) is 8.33. The van der Waals surface area contributed by atoms with Gasteiger partial charge in [-0.1, -0.05) is 0 Å². The summed E-state index contributed by atoms with van der Waals surface area (Å²) in [5, 5.41) is 1.74. The zero-order chi connectivity index (χ0) is 18.7. The van der Waals surface area contributed by atoms with E-state index in [2.05, 4.69) is 15.3 Å². The molecule has 2 amide bonds. The van der Waals surface area contributed by atoms with Crippen molar-refractivity contribution in [1.29, 1.82) is 0 Å². The van der Waals surface area contributed by atoms with Gasteiger partial charge < -0.3 is 10.2 Å². The standard InChI is InChI=1S/C17H20N4O4S/c1-18-16(22)11-26(24,25)13-4-8-21(9-5-13)17(23)12-2-3-14-15(10-12)20-7-6-19-14/h2-3,6-7,10,13H,4-5,8-9,11H2,1H3,(H,18,22). The Morgan fingerprint density at radius 2 is 1.81 bits per heavy atom. The van der Waals surface area contributed by atoms with Crippen molar-refractivity contribution < 1.29 is 18.0 Å². The second-order valence-corrected chi connectivity index (χ2v) is 8.51. The highest BCUT2D eigenvalue weighted by Crippen LogP contribution is 2.21. The first-order valence-corrected chi connectivity index (χ1v) is 10.0. The number of benzene rings is 1. The number of nitrogens with one attached hydrogen (secondary N) is 1. The third kappa shape index (κ3) is 3.82. The minimum atomic E-state index is -3.51. The number of carbonyl (C=O) groups is 2. The van der Waals surface area contributed by atoms with Crippen molar-refractivity contribution in [3.05, 3.63) is 36.2 Å². The Labute approximate surface area is 151 Å². The van der Waals surface area contributed by atoms with Gasteiger partial charge in [-0.2, -0.15) is 0 Å². The van der Waals surface area contributed by atoms with Crippen LogP contribution in [0.1, 0.15) is 23.2 Å². The molecule has 8 nitrogen and oxygen atoms in total. The molecule has 1 aliphatic rings. The number of piperidine rings is 1. The van der Waals surface area contributed by atoms with Crippen LogP contribution in [-0.2, 0) is 14.6 Å². The van der Waals surface area contributed by atoms with Gasteiger partial charge in [-0.3, -0.25) is 19.6 Å². The fourth-order valence-corrected chi connectivity index (χ4v) is 4.74. The van der Waals surface area contributed by atoms with E-state index < -0.39 is 26.7 Å². The lowest BCUT2D eigenvalue weighted by Gasteiger charge is -2.31. The van der Waals surface area contributed by atoms with Crippen molar-refractivity contribution in [2.45, 2.75) is 18.1 Å². The maximum atomic E-state index is 12.7. The van der Waals surface area contributed by atoms with Crippen molar-refractivity contribution in [2.75, 3.05) is 25.9 Å². The number of likely N-dealkylation sites (tertiary alicyclic amines) is 1. The van der Waals surface area contributed by atoms with Gasteiger partial charge in [0, 0.05) is 38.1 Å². The van der Waals surface area contributed by atoms with Crippen LogP contribution in [0.5, 0.6) is 0 Å². The monoisotopic (exact) mass is 376 g/mol. The molecule has 0 unspecified atom stereocenters. The first-order chi connectivity index (χ1) is 12.4. The quantitative estimate of drug-likeness (QED) is 0.827. The zero-order valence-electron chi connectivity index (χ0n) is 14.4. The van der Waals surface area contributed by atoms with Crippen molar-refractivity contribution >= 4 is 32.7 Å². The summed E-state index contributed by atoms with van der Waals surface area (Å²) in [4.78, 5) is 34.1. The van der Waals surface area contributed by atoms with E-state index in [0.29, 0.717) is 42.5 Å². The summed E-state index contributed by atoms with van der Waals surface area (Å²) in [6, 6.07) is 5.14. The van der Waals surface area contributed by atoms with Gasteiger partial charge in [0.1, 0.15) is 5.75 Å². The van der Waals surface area contributed by atoms with E-state index in [0.717, 1.165) is 0 Å². The molecular weight excluding hydrogens is 356 g/mol. The number of amides is 2. The minimum absolute atomic E-state index is 0.153. The molecule has 1 aliphatic heterocycles. The molecule has 0 bridgehead atoms. The van der Waals surface area contributed by atoms with E-state index in [1.165, 1.54) is 7.05 Å². The van der Waals surface area contributed by atoms with Gasteiger partial charge in [0.25, 0.3) is 5.91 Å². The maximum Gasteiger partial charge on any atom is 0.253 e. The number of rotatable bonds is 4. The summed E-state index contributed by atoms with van der Waals surface area (Å²) < 4.78 is 24.5. The second kappa shape index (κ2) is 7.36. The average Bonchev–Trinajstić information content (AvgIpc) is 2.66. The highest BCUT2D eigenvalue weighted by molar-refractivity contribution is 7.92. The Morgan fingerprint density at radius 3 is 2.46 bits per heavy atom. The van der Waals surface area contributed by atoms with E-state index >= 15 is 0 Å². The number of hydrogen-bond acceptors (Lipinski definition) is 6. The molecule has 3 rings (SSSR count). The number of fused-ring (bicyclic) bond motifs is 1.